The van der Waals surface area contributed by atoms with Gasteiger partial charge >= 0.3 is 5.97 Å². The van der Waals surface area contributed by atoms with Gasteiger partial charge in [0, 0.05) is 11.8 Å². The van der Waals surface area contributed by atoms with E-state index in [0.29, 0.717) is 25.2 Å². The van der Waals surface area contributed by atoms with Crippen LogP contribution in [0.5, 0.6) is 0 Å². The minimum absolute atomic E-state index is 0.0161. The van der Waals surface area contributed by atoms with Crippen molar-refractivity contribution in [3.05, 3.63) is 0 Å². The fourth-order valence-electron chi connectivity index (χ4n) is 14.3. The number of hydrogen-bond acceptors (Lipinski definition) is 16. The molecule has 16 heteroatoms. The van der Waals surface area contributed by atoms with Gasteiger partial charge in [-0.25, -0.2) is 0 Å². The molecule has 0 bridgehead atoms. The molecular formula is C43H72O16. The summed E-state index contributed by atoms with van der Waals surface area (Å²) in [5.74, 6) is -0.624. The smallest absolute Gasteiger partial charge is 0.317 e. The van der Waals surface area contributed by atoms with Gasteiger partial charge in [0.25, 0.3) is 0 Å². The maximum Gasteiger partial charge on any atom is 0.317 e. The molecule has 0 aromatic rings. The van der Waals surface area contributed by atoms with Crippen LogP contribution in [0.1, 0.15) is 106 Å². The molecule has 11 N–H and O–H groups in total. The molecule has 2 heterocycles. The van der Waals surface area contributed by atoms with Crippen molar-refractivity contribution in [3.63, 3.8) is 0 Å². The number of hydrogen-bond donors (Lipinski definition) is 11. The monoisotopic (exact) mass is 844 g/mol. The van der Waals surface area contributed by atoms with E-state index in [1.165, 1.54) is 0 Å². The number of carbonyl (C=O) groups excluding carboxylic acids is 1. The molecule has 5 aliphatic carbocycles. The number of carbonyl (C=O) groups is 1. The quantitative estimate of drug-likeness (QED) is 0.113. The number of esters is 1. The highest BCUT2D eigenvalue weighted by molar-refractivity contribution is 5.78. The lowest BCUT2D eigenvalue weighted by Gasteiger charge is -2.63. The molecule has 7 aliphatic rings. The summed E-state index contributed by atoms with van der Waals surface area (Å²) in [6, 6.07) is 0. The second kappa shape index (κ2) is 15.9. The van der Waals surface area contributed by atoms with Crippen LogP contribution in [-0.4, -0.2) is 161 Å². The van der Waals surface area contributed by atoms with Crippen LogP contribution in [0, 0.1) is 56.7 Å². The molecular weight excluding hydrogens is 772 g/mol. The van der Waals surface area contributed by atoms with Crippen LogP contribution in [0.25, 0.3) is 0 Å². The van der Waals surface area contributed by atoms with E-state index >= 15 is 0 Å². The first-order valence-corrected chi connectivity index (χ1v) is 22.1. The van der Waals surface area contributed by atoms with E-state index in [-0.39, 0.29) is 47.0 Å². The predicted molar refractivity (Wildman–Crippen MR) is 206 cm³/mol. The second-order valence-electron chi connectivity index (χ2n) is 21.0. The van der Waals surface area contributed by atoms with Gasteiger partial charge in [-0.05, 0) is 111 Å². The standard InChI is InChI=1S/C43H72O16/c1-20(2)42(55,19-56-35-33(52)31(50)29(48)23(16-44)57-35)12-9-21(3)22-10-11-39(5)25-7-8-26-40(6,37(54)59-36-34(53)32(51)30(49)24(17-45)58-36)27(46)15-28(47)43(26)18-41(25,43)14-13-38(22,39)4/h20-36,44-53,55H,7-19H2,1-6H3/t21-,22-,23-,24-,25+,26+,27+,28+,29-,30-,31+,32+,33-,34-,35-,36+,38-,39+,40+,41+,42?,43-/m1/s1. The van der Waals surface area contributed by atoms with Crippen LogP contribution in [0.4, 0.5) is 0 Å². The Kier molecular flexibility index (Phi) is 12.3. The molecule has 0 aromatic carbocycles. The van der Waals surface area contributed by atoms with Crippen LogP contribution in [-0.2, 0) is 23.7 Å². The SMILES string of the molecule is CC(C)C(O)(CC[C@@H](C)[C@H]1CC[C@@]2(C)[C@@H]3CC[C@H]4[C@](C)(C(=O)O[C@@H]5O[C@H](CO)[C@@H](O)[C@H](O)[C@H]5O)[C@@H](O)C[C@H](O)[C@@]45C[C@@]35CC[C@]12C)CO[C@@H]1O[C@H](CO)[C@@H](O)[C@H](O)[C@H]1O. The predicted octanol–water partition coefficient (Wildman–Crippen LogP) is -0.300. The molecule has 0 amide bonds. The molecule has 2 saturated heterocycles. The van der Waals surface area contributed by atoms with Crippen LogP contribution < -0.4 is 0 Å². The van der Waals surface area contributed by atoms with Gasteiger partial charge in [0.15, 0.2) is 6.29 Å². The van der Waals surface area contributed by atoms with Crippen molar-refractivity contribution in [2.45, 2.75) is 185 Å². The molecule has 0 radical (unpaired) electrons. The summed E-state index contributed by atoms with van der Waals surface area (Å²) in [4.78, 5) is 14.2. The lowest BCUT2D eigenvalue weighted by molar-refractivity contribution is -0.310. The van der Waals surface area contributed by atoms with E-state index in [1.807, 2.05) is 13.8 Å². The third kappa shape index (κ3) is 6.63. The maximum atomic E-state index is 14.2. The Morgan fingerprint density at radius 3 is 1.90 bits per heavy atom. The van der Waals surface area contributed by atoms with Gasteiger partial charge in [0.05, 0.1) is 43.0 Å². The fraction of sp³-hybridized carbons (Fsp3) is 0.977. The zero-order valence-corrected chi connectivity index (χ0v) is 35.5. The summed E-state index contributed by atoms with van der Waals surface area (Å²) in [5.41, 5.74) is -3.74. The van der Waals surface area contributed by atoms with Crippen LogP contribution in [0.15, 0.2) is 0 Å². The van der Waals surface area contributed by atoms with E-state index in [0.717, 1.165) is 38.5 Å². The van der Waals surface area contributed by atoms with Gasteiger partial charge in [-0.2, -0.15) is 0 Å². The Balaban J connectivity index is 1.05. The van der Waals surface area contributed by atoms with E-state index < -0.39 is 115 Å². The van der Waals surface area contributed by atoms with Crippen molar-refractivity contribution < 1.29 is 79.9 Å². The third-order valence-electron chi connectivity index (χ3n) is 18.5. The van der Waals surface area contributed by atoms with Gasteiger partial charge in [0.2, 0.25) is 6.29 Å². The van der Waals surface area contributed by atoms with Crippen molar-refractivity contribution in [2.75, 3.05) is 19.8 Å². The van der Waals surface area contributed by atoms with Gasteiger partial charge in [-0.3, -0.25) is 4.79 Å². The number of fused-ring (bicyclic) bond motifs is 2. The van der Waals surface area contributed by atoms with Crippen molar-refractivity contribution in [2.24, 2.45) is 56.7 Å². The zero-order chi connectivity index (χ0) is 43.4. The number of ether oxygens (including phenoxy) is 4. The lowest BCUT2D eigenvalue weighted by Crippen LogP contribution is -2.65. The lowest BCUT2D eigenvalue weighted by atomic mass is 9.41. The summed E-state index contributed by atoms with van der Waals surface area (Å²) in [6.07, 6.45) is -10.3. The van der Waals surface area contributed by atoms with E-state index in [2.05, 4.69) is 20.8 Å². The molecule has 22 atom stereocenters. The molecule has 16 nitrogen and oxygen atoms in total. The Bertz CT molecular complexity index is 1530. The average Bonchev–Trinajstić information content (AvgIpc) is 3.82. The van der Waals surface area contributed by atoms with E-state index in [1.54, 1.807) is 6.92 Å². The third-order valence-corrected chi connectivity index (χ3v) is 18.5. The highest BCUT2D eigenvalue weighted by atomic mass is 16.7. The van der Waals surface area contributed by atoms with Crippen molar-refractivity contribution in [3.8, 4) is 0 Å². The normalized spacial score (nSPS) is 53.4. The second-order valence-corrected chi connectivity index (χ2v) is 21.0. The largest absolute Gasteiger partial charge is 0.432 e. The van der Waals surface area contributed by atoms with Crippen molar-refractivity contribution >= 4 is 5.97 Å². The molecule has 7 fully saturated rings. The Hall–Kier alpha value is -1.09. The van der Waals surface area contributed by atoms with E-state index in [4.69, 9.17) is 18.9 Å². The molecule has 0 aromatic heterocycles. The molecule has 1 unspecified atom stereocenters. The van der Waals surface area contributed by atoms with Crippen LogP contribution in [0.2, 0.25) is 0 Å². The Morgan fingerprint density at radius 2 is 1.31 bits per heavy atom. The highest BCUT2D eigenvalue weighted by Gasteiger charge is 2.86. The molecule has 5 saturated carbocycles. The summed E-state index contributed by atoms with van der Waals surface area (Å²) < 4.78 is 22.6. The summed E-state index contributed by atoms with van der Waals surface area (Å²) in [6.45, 7) is 11.1. The Morgan fingerprint density at radius 1 is 0.729 bits per heavy atom. The van der Waals surface area contributed by atoms with Gasteiger partial charge in [-0.1, -0.05) is 34.6 Å². The first-order chi connectivity index (χ1) is 27.5. The number of aliphatic hydroxyl groups is 11. The van der Waals surface area contributed by atoms with Crippen LogP contribution >= 0.6 is 0 Å². The molecule has 2 aliphatic heterocycles. The van der Waals surface area contributed by atoms with Crippen molar-refractivity contribution in [1.82, 2.24) is 0 Å². The Labute approximate surface area is 346 Å². The molecule has 340 valence electrons. The average molecular weight is 845 g/mol. The maximum absolute atomic E-state index is 14.2. The van der Waals surface area contributed by atoms with Gasteiger partial charge < -0.3 is 75.1 Å². The first-order valence-electron chi connectivity index (χ1n) is 22.1. The summed E-state index contributed by atoms with van der Waals surface area (Å²) in [7, 11) is 0. The molecule has 2 spiro atoms. The van der Waals surface area contributed by atoms with E-state index in [9.17, 15) is 61.0 Å². The summed E-state index contributed by atoms with van der Waals surface area (Å²) in [5, 5.41) is 117. The zero-order valence-electron chi connectivity index (χ0n) is 35.5. The molecule has 59 heavy (non-hydrogen) atoms. The van der Waals surface area contributed by atoms with Crippen molar-refractivity contribution in [1.29, 1.82) is 0 Å². The summed E-state index contributed by atoms with van der Waals surface area (Å²) >= 11 is 0. The first kappa shape index (κ1) is 45.9. The molecule has 7 rings (SSSR count). The minimum atomic E-state index is -1.78. The topological polar surface area (TPSA) is 277 Å². The van der Waals surface area contributed by atoms with Gasteiger partial charge in [-0.15, -0.1) is 0 Å². The number of aliphatic hydroxyl groups excluding tert-OH is 10. The van der Waals surface area contributed by atoms with Gasteiger partial charge in [0.1, 0.15) is 48.8 Å². The van der Waals surface area contributed by atoms with Crippen LogP contribution in [0.3, 0.4) is 0 Å². The highest BCUT2D eigenvalue weighted by Crippen LogP contribution is 2.89. The number of rotatable bonds is 12. The minimum Gasteiger partial charge on any atom is -0.432 e. The fourth-order valence-corrected chi connectivity index (χ4v) is 14.3.